The number of aliphatic hydroxyl groups is 2. The Kier molecular flexibility index (Phi) is 12.8. The van der Waals surface area contributed by atoms with Crippen LogP contribution in [0.25, 0.3) is 0 Å². The van der Waals surface area contributed by atoms with Crippen molar-refractivity contribution >= 4 is 5.97 Å². The zero-order chi connectivity index (χ0) is 39.1. The fourth-order valence-corrected chi connectivity index (χ4v) is 10.6. The molecule has 1 saturated carbocycles. The minimum Gasteiger partial charge on any atom is -0.462 e. The van der Waals surface area contributed by atoms with Gasteiger partial charge in [0.05, 0.1) is 43.2 Å². The minimum atomic E-state index is -1.76. The van der Waals surface area contributed by atoms with E-state index in [0.29, 0.717) is 55.1 Å². The summed E-state index contributed by atoms with van der Waals surface area (Å²) in [6.07, 6.45) is 14.8. The van der Waals surface area contributed by atoms with Crippen LogP contribution in [-0.4, -0.2) is 108 Å². The Balaban J connectivity index is 1.24. The van der Waals surface area contributed by atoms with Crippen molar-refractivity contribution in [2.45, 2.75) is 178 Å². The normalized spacial score (nSPS) is 46.0. The molecular weight excluding hydrogens is 706 g/mol. The fraction of sp³-hybridized carbons (Fsp3) is 0.791. The van der Waals surface area contributed by atoms with Crippen molar-refractivity contribution in [2.75, 3.05) is 13.7 Å². The summed E-state index contributed by atoms with van der Waals surface area (Å²) < 4.78 is 45.2. The van der Waals surface area contributed by atoms with E-state index in [1.807, 2.05) is 26.0 Å². The monoisotopic (exact) mass is 771 g/mol. The van der Waals surface area contributed by atoms with E-state index < -0.39 is 72.2 Å². The Morgan fingerprint density at radius 3 is 2.53 bits per heavy atom. The standard InChI is InChI=1S/C43H65NO11/c1-24-11-10-14-30-23-50-40-36(44-48)27(4)19-33(43(30,40)47)41(46)52-32-20-31(16-15-25(2)38(24)53-35-21-34(49-6)37(45)28(5)51-35)54-42(22-32)18-17-26(3)39(55-42)29-12-8-7-9-13-29/h10-11,14-15,19,24,26,28-29,31-40,44-45,47-48H,7-9,12-13,16-18,20-23H2,1-6H3/t24-,26-,28+,31-,32-,33-,34-,35-,36-,37-,38-,39?,40+,42+,43+/m0/s1. The Hall–Kier alpha value is -1.97. The number of aliphatic hydroxyl groups excluding tert-OH is 1. The lowest BCUT2D eigenvalue weighted by Crippen LogP contribution is -2.61. The molecule has 12 nitrogen and oxygen atoms in total. The number of carbonyl (C=O) groups excluding carboxylic acids is 1. The summed E-state index contributed by atoms with van der Waals surface area (Å²) in [4.78, 5) is 14.4. The van der Waals surface area contributed by atoms with Gasteiger partial charge in [-0.1, -0.05) is 69.1 Å². The number of rotatable bonds is 5. The van der Waals surface area contributed by atoms with E-state index in [2.05, 4.69) is 32.3 Å². The predicted octanol–water partition coefficient (Wildman–Crippen LogP) is 5.59. The van der Waals surface area contributed by atoms with Crippen molar-refractivity contribution in [3.63, 3.8) is 0 Å². The molecule has 7 aliphatic rings. The molecule has 55 heavy (non-hydrogen) atoms. The minimum absolute atomic E-state index is 0.0768. The molecular formula is C43H65NO11. The van der Waals surface area contributed by atoms with Crippen LogP contribution in [0.2, 0.25) is 0 Å². The maximum atomic E-state index is 14.4. The quantitative estimate of drug-likeness (QED) is 0.157. The van der Waals surface area contributed by atoms with Crippen LogP contribution in [0.4, 0.5) is 0 Å². The molecule has 0 radical (unpaired) electrons. The first kappa shape index (κ1) is 41.2. The fourth-order valence-electron chi connectivity index (χ4n) is 10.6. The lowest BCUT2D eigenvalue weighted by molar-refractivity contribution is -0.342. The van der Waals surface area contributed by atoms with Gasteiger partial charge >= 0.3 is 5.97 Å². The van der Waals surface area contributed by atoms with Crippen LogP contribution < -0.4 is 5.48 Å². The second-order valence-corrected chi connectivity index (χ2v) is 17.6. The number of methoxy groups -OCH3 is 1. The lowest BCUT2D eigenvalue weighted by Gasteiger charge is -2.51. The van der Waals surface area contributed by atoms with Crippen LogP contribution >= 0.6 is 0 Å². The molecule has 0 aromatic heterocycles. The second-order valence-electron chi connectivity index (χ2n) is 17.6. The van der Waals surface area contributed by atoms with Gasteiger partial charge < -0.3 is 48.6 Å². The summed E-state index contributed by atoms with van der Waals surface area (Å²) in [5.74, 6) is -1.73. The molecule has 1 unspecified atom stereocenters. The highest BCUT2D eigenvalue weighted by atomic mass is 16.7. The molecule has 5 heterocycles. The summed E-state index contributed by atoms with van der Waals surface area (Å²) in [6, 6.07) is -0.712. The average molecular weight is 772 g/mol. The van der Waals surface area contributed by atoms with E-state index in [1.54, 1.807) is 19.3 Å². The molecule has 2 aliphatic carbocycles. The van der Waals surface area contributed by atoms with Crippen LogP contribution in [0.3, 0.4) is 0 Å². The molecule has 308 valence electrons. The van der Waals surface area contributed by atoms with E-state index in [9.17, 15) is 20.2 Å². The van der Waals surface area contributed by atoms with Gasteiger partial charge in [-0.25, -0.2) is 0 Å². The largest absolute Gasteiger partial charge is 0.462 e. The molecule has 2 bridgehead atoms. The third-order valence-electron chi connectivity index (χ3n) is 13.8. The molecule has 5 fully saturated rings. The van der Waals surface area contributed by atoms with Gasteiger partial charge in [0.25, 0.3) is 0 Å². The van der Waals surface area contributed by atoms with E-state index >= 15 is 0 Å². The highest BCUT2D eigenvalue weighted by molar-refractivity contribution is 5.78. The molecule has 4 saturated heterocycles. The van der Waals surface area contributed by atoms with Gasteiger partial charge in [0.2, 0.25) is 0 Å². The second kappa shape index (κ2) is 17.1. The van der Waals surface area contributed by atoms with Gasteiger partial charge in [0.1, 0.15) is 29.8 Å². The van der Waals surface area contributed by atoms with Gasteiger partial charge in [-0.05, 0) is 69.4 Å². The number of allylic oxidation sites excluding steroid dienone is 2. The number of hydroxylamine groups is 1. The Bertz CT molecular complexity index is 1490. The number of carbonyl (C=O) groups is 1. The summed E-state index contributed by atoms with van der Waals surface area (Å²) in [5.41, 5.74) is 2.75. The Labute approximate surface area is 326 Å². The zero-order valence-electron chi connectivity index (χ0n) is 33.6. The van der Waals surface area contributed by atoms with Crippen molar-refractivity contribution in [1.29, 1.82) is 0 Å². The van der Waals surface area contributed by atoms with Gasteiger partial charge in [0.15, 0.2) is 12.1 Å². The molecule has 15 atom stereocenters. The number of esters is 1. The first-order chi connectivity index (χ1) is 26.4. The van der Waals surface area contributed by atoms with Crippen molar-refractivity contribution in [2.24, 2.45) is 23.7 Å². The van der Waals surface area contributed by atoms with Crippen molar-refractivity contribution in [3.05, 3.63) is 47.1 Å². The van der Waals surface area contributed by atoms with Crippen LogP contribution in [0.15, 0.2) is 47.1 Å². The van der Waals surface area contributed by atoms with Gasteiger partial charge in [-0.15, -0.1) is 0 Å². The zero-order valence-corrected chi connectivity index (χ0v) is 33.6. The van der Waals surface area contributed by atoms with Gasteiger partial charge in [-0.2, -0.15) is 5.48 Å². The van der Waals surface area contributed by atoms with Crippen LogP contribution in [0, 0.1) is 23.7 Å². The smallest absolute Gasteiger partial charge is 0.316 e. The average Bonchev–Trinajstić information content (AvgIpc) is 3.50. The number of ether oxygens (including phenoxy) is 7. The highest BCUT2D eigenvalue weighted by Crippen LogP contribution is 2.49. The molecule has 0 aromatic carbocycles. The molecule has 4 N–H and O–H groups in total. The maximum Gasteiger partial charge on any atom is 0.316 e. The molecule has 7 rings (SSSR count). The predicted molar refractivity (Wildman–Crippen MR) is 203 cm³/mol. The van der Waals surface area contributed by atoms with E-state index in [0.717, 1.165) is 24.8 Å². The van der Waals surface area contributed by atoms with Crippen molar-refractivity contribution < 1.29 is 53.4 Å². The van der Waals surface area contributed by atoms with E-state index in [-0.39, 0.29) is 24.7 Å². The maximum absolute atomic E-state index is 14.4. The SMILES string of the molecule is CO[C@H]1C[C@H](O[C@@H]2C(C)=CC[C@H]3C[C@@H](C[C@]4(CC[C@H](C)C(C5CCCCC5)O4)O3)OC(=O)[C@@H]3C=C(C)[C@H](NO)[C@H]4OCC(=CC=C[C@@H]2C)[C@]43O)O[C@H](C)[C@@H]1O. The molecule has 5 aliphatic heterocycles. The van der Waals surface area contributed by atoms with Gasteiger partial charge in [-0.3, -0.25) is 4.79 Å². The van der Waals surface area contributed by atoms with Crippen molar-refractivity contribution in [1.82, 2.24) is 5.48 Å². The molecule has 0 amide bonds. The number of hydrogen-bond acceptors (Lipinski definition) is 12. The van der Waals surface area contributed by atoms with Crippen LogP contribution in [0.5, 0.6) is 0 Å². The number of fused-ring (bicyclic) bond motifs is 2. The molecule has 1 spiro atoms. The first-order valence-electron chi connectivity index (χ1n) is 20.9. The van der Waals surface area contributed by atoms with E-state index in [1.165, 1.54) is 19.3 Å². The number of nitrogens with one attached hydrogen (secondary N) is 1. The summed E-state index contributed by atoms with van der Waals surface area (Å²) in [6.45, 7) is 10.1. The molecule has 0 aromatic rings. The Morgan fingerprint density at radius 1 is 1.00 bits per heavy atom. The van der Waals surface area contributed by atoms with Crippen LogP contribution in [-0.2, 0) is 38.0 Å². The summed E-state index contributed by atoms with van der Waals surface area (Å²) >= 11 is 0. The summed E-state index contributed by atoms with van der Waals surface area (Å²) in [7, 11) is 1.59. The highest BCUT2D eigenvalue weighted by Gasteiger charge is 2.60. The Morgan fingerprint density at radius 2 is 1.78 bits per heavy atom. The third kappa shape index (κ3) is 8.33. The van der Waals surface area contributed by atoms with Gasteiger partial charge in [0, 0.05) is 38.7 Å². The topological polar surface area (TPSA) is 154 Å². The third-order valence-corrected chi connectivity index (χ3v) is 13.8. The summed E-state index contributed by atoms with van der Waals surface area (Å²) in [5, 5.41) is 33.4. The van der Waals surface area contributed by atoms with Crippen molar-refractivity contribution in [3.8, 4) is 0 Å². The lowest BCUT2D eigenvalue weighted by atomic mass is 9.70. The molecule has 12 heteroatoms. The number of hydrogen-bond donors (Lipinski definition) is 4. The first-order valence-corrected chi connectivity index (χ1v) is 20.9. The van der Waals surface area contributed by atoms with Crippen LogP contribution in [0.1, 0.15) is 105 Å². The van der Waals surface area contributed by atoms with E-state index in [4.69, 9.17) is 33.2 Å².